The maximum Gasteiger partial charge on any atom is 0.387 e. The molecule has 1 aromatic heterocycles. The van der Waals surface area contributed by atoms with Crippen LogP contribution in [-0.2, 0) is 13.0 Å². The second kappa shape index (κ2) is 9.02. The van der Waals surface area contributed by atoms with E-state index in [1.165, 1.54) is 12.1 Å². The van der Waals surface area contributed by atoms with Crippen LogP contribution >= 0.6 is 0 Å². The molecule has 0 fully saturated rings. The summed E-state index contributed by atoms with van der Waals surface area (Å²) in [5.74, 6) is -1.93. The van der Waals surface area contributed by atoms with Gasteiger partial charge in [-0.2, -0.15) is 8.78 Å². The largest absolute Gasteiger partial charge is 0.490 e. The van der Waals surface area contributed by atoms with Crippen molar-refractivity contribution in [2.24, 2.45) is 0 Å². The maximum absolute atomic E-state index is 12.7. The third-order valence-corrected chi connectivity index (χ3v) is 3.59. The lowest BCUT2D eigenvalue weighted by Gasteiger charge is -2.15. The summed E-state index contributed by atoms with van der Waals surface area (Å²) in [5, 5.41) is 11.6. The van der Waals surface area contributed by atoms with Crippen LogP contribution in [-0.4, -0.2) is 30.2 Å². The summed E-state index contributed by atoms with van der Waals surface area (Å²) in [6, 6.07) is 5.69. The van der Waals surface area contributed by atoms with E-state index in [1.54, 1.807) is 19.9 Å². The number of amides is 1. The molecule has 0 spiro atoms. The number of hydrogen-bond acceptors (Lipinski definition) is 5. The molecule has 0 unspecified atom stereocenters. The summed E-state index contributed by atoms with van der Waals surface area (Å²) < 4.78 is 40.5. The quantitative estimate of drug-likeness (QED) is 0.688. The number of ether oxygens (including phenoxy) is 2. The lowest BCUT2D eigenvalue weighted by Crippen LogP contribution is -2.23. The minimum absolute atomic E-state index is 0.0947. The van der Waals surface area contributed by atoms with Crippen molar-refractivity contribution in [3.05, 3.63) is 46.9 Å². The minimum Gasteiger partial charge on any atom is -0.490 e. The fourth-order valence-electron chi connectivity index (χ4n) is 2.44. The Bertz CT molecular complexity index is 818. The van der Waals surface area contributed by atoms with Crippen molar-refractivity contribution < 1.29 is 37.4 Å². The molecule has 0 saturated carbocycles. The van der Waals surface area contributed by atoms with Gasteiger partial charge in [-0.05, 0) is 13.0 Å². The Hall–Kier alpha value is -3.10. The number of furan rings is 1. The van der Waals surface area contributed by atoms with E-state index in [1.807, 2.05) is 0 Å². The van der Waals surface area contributed by atoms with Gasteiger partial charge in [-0.3, -0.25) is 4.79 Å². The van der Waals surface area contributed by atoms with Gasteiger partial charge in [0.05, 0.1) is 6.61 Å². The summed E-state index contributed by atoms with van der Waals surface area (Å²) in [4.78, 5) is 23.4. The fourth-order valence-corrected chi connectivity index (χ4v) is 2.44. The predicted molar refractivity (Wildman–Crippen MR) is 90.5 cm³/mol. The van der Waals surface area contributed by atoms with E-state index >= 15 is 0 Å². The molecule has 0 aliphatic carbocycles. The minimum atomic E-state index is -3.06. The SMILES string of the molecule is CCOc1cccc(CNC(=O)c2cc(C(=O)O)c(CC)o2)c1OC(F)F. The molecule has 146 valence electrons. The van der Waals surface area contributed by atoms with Gasteiger partial charge in [-0.25, -0.2) is 4.79 Å². The van der Waals surface area contributed by atoms with Gasteiger partial charge >= 0.3 is 12.6 Å². The monoisotopic (exact) mass is 383 g/mol. The Balaban J connectivity index is 2.19. The molecular formula is C18H19F2NO6. The number of para-hydroxylation sites is 1. The smallest absolute Gasteiger partial charge is 0.387 e. The second-order valence-electron chi connectivity index (χ2n) is 5.34. The first-order valence-electron chi connectivity index (χ1n) is 8.21. The van der Waals surface area contributed by atoms with Gasteiger partial charge in [0.2, 0.25) is 0 Å². The first kappa shape index (κ1) is 20.2. The molecule has 0 aliphatic heterocycles. The van der Waals surface area contributed by atoms with Crippen molar-refractivity contribution in [2.75, 3.05) is 6.61 Å². The van der Waals surface area contributed by atoms with Crippen LogP contribution < -0.4 is 14.8 Å². The van der Waals surface area contributed by atoms with Crippen LogP contribution in [0, 0.1) is 0 Å². The van der Waals surface area contributed by atoms with Gasteiger partial charge in [-0.1, -0.05) is 19.1 Å². The number of halogens is 2. The van der Waals surface area contributed by atoms with Gasteiger partial charge in [-0.15, -0.1) is 0 Å². The Kier molecular flexibility index (Phi) is 6.75. The summed E-state index contributed by atoms with van der Waals surface area (Å²) in [6.45, 7) is 0.436. The molecule has 2 N–H and O–H groups in total. The van der Waals surface area contributed by atoms with E-state index < -0.39 is 18.5 Å². The maximum atomic E-state index is 12.7. The first-order valence-corrected chi connectivity index (χ1v) is 8.21. The number of nitrogens with one attached hydrogen (secondary N) is 1. The average Bonchev–Trinajstić information content (AvgIpc) is 3.06. The summed E-state index contributed by atoms with van der Waals surface area (Å²) in [6.07, 6.45) is 0.303. The van der Waals surface area contributed by atoms with Gasteiger partial charge in [0.1, 0.15) is 11.3 Å². The van der Waals surface area contributed by atoms with E-state index in [2.05, 4.69) is 10.1 Å². The van der Waals surface area contributed by atoms with E-state index in [0.717, 1.165) is 6.07 Å². The number of rotatable bonds is 9. The van der Waals surface area contributed by atoms with Crippen molar-refractivity contribution in [3.8, 4) is 11.5 Å². The van der Waals surface area contributed by atoms with Crippen LogP contribution in [0.15, 0.2) is 28.7 Å². The summed E-state index contributed by atoms with van der Waals surface area (Å²) in [7, 11) is 0. The number of carboxylic acids is 1. The number of hydrogen-bond donors (Lipinski definition) is 2. The topological polar surface area (TPSA) is 98.0 Å². The number of benzene rings is 1. The van der Waals surface area contributed by atoms with Gasteiger partial charge in [0.25, 0.3) is 5.91 Å². The molecule has 7 nitrogen and oxygen atoms in total. The molecule has 0 saturated heterocycles. The van der Waals surface area contributed by atoms with E-state index in [0.29, 0.717) is 6.42 Å². The van der Waals surface area contributed by atoms with Gasteiger partial charge < -0.3 is 24.3 Å². The van der Waals surface area contributed by atoms with Crippen molar-refractivity contribution in [2.45, 2.75) is 33.4 Å². The third kappa shape index (κ3) is 4.96. The number of carbonyl (C=O) groups excluding carboxylic acids is 1. The van der Waals surface area contributed by atoms with E-state index in [4.69, 9.17) is 14.3 Å². The van der Waals surface area contributed by atoms with Crippen LogP contribution in [0.5, 0.6) is 11.5 Å². The summed E-state index contributed by atoms with van der Waals surface area (Å²) in [5.41, 5.74) is 0.179. The molecule has 0 atom stereocenters. The van der Waals surface area contributed by atoms with Crippen LogP contribution in [0.2, 0.25) is 0 Å². The molecule has 1 heterocycles. The molecule has 1 amide bonds. The first-order chi connectivity index (χ1) is 12.9. The normalized spacial score (nSPS) is 10.7. The number of carboxylic acid groups (broad SMARTS) is 1. The highest BCUT2D eigenvalue weighted by Gasteiger charge is 2.21. The number of aryl methyl sites for hydroxylation is 1. The molecule has 0 radical (unpaired) electrons. The predicted octanol–water partition coefficient (Wildman–Crippen LogP) is 3.47. The molecule has 27 heavy (non-hydrogen) atoms. The highest BCUT2D eigenvalue weighted by Crippen LogP contribution is 2.32. The molecule has 1 aromatic carbocycles. The highest BCUT2D eigenvalue weighted by molar-refractivity contribution is 5.96. The average molecular weight is 383 g/mol. The standard InChI is InChI=1S/C18H19F2NO6/c1-3-12-11(17(23)24)8-14(26-12)16(22)21-9-10-6-5-7-13(25-4-2)15(10)27-18(19)20/h5-8,18H,3-4,9H2,1-2H3,(H,21,22)(H,23,24). The lowest BCUT2D eigenvalue weighted by molar-refractivity contribution is -0.0520. The molecule has 0 aliphatic rings. The van der Waals surface area contributed by atoms with Crippen LogP contribution in [0.3, 0.4) is 0 Å². The number of carbonyl (C=O) groups is 2. The molecule has 2 rings (SSSR count). The molecule has 0 bridgehead atoms. The van der Waals surface area contributed by atoms with Crippen molar-refractivity contribution in [1.82, 2.24) is 5.32 Å². The second-order valence-corrected chi connectivity index (χ2v) is 5.34. The molecular weight excluding hydrogens is 364 g/mol. The number of alkyl halides is 2. The van der Waals surface area contributed by atoms with Crippen LogP contribution in [0.1, 0.15) is 46.1 Å². The number of aromatic carboxylic acids is 1. The summed E-state index contributed by atoms with van der Waals surface area (Å²) >= 11 is 0. The zero-order valence-corrected chi connectivity index (χ0v) is 14.8. The Labute approximate surface area is 153 Å². The molecule has 2 aromatic rings. The van der Waals surface area contributed by atoms with Crippen molar-refractivity contribution in [3.63, 3.8) is 0 Å². The van der Waals surface area contributed by atoms with Crippen molar-refractivity contribution >= 4 is 11.9 Å². The Morgan fingerprint density at radius 1 is 1.30 bits per heavy atom. The van der Waals surface area contributed by atoms with E-state index in [-0.39, 0.29) is 47.3 Å². The lowest BCUT2D eigenvalue weighted by atomic mass is 10.1. The highest BCUT2D eigenvalue weighted by atomic mass is 19.3. The van der Waals surface area contributed by atoms with E-state index in [9.17, 15) is 18.4 Å². The van der Waals surface area contributed by atoms with Crippen LogP contribution in [0.4, 0.5) is 8.78 Å². The Morgan fingerprint density at radius 3 is 2.59 bits per heavy atom. The van der Waals surface area contributed by atoms with Crippen molar-refractivity contribution in [1.29, 1.82) is 0 Å². The third-order valence-electron chi connectivity index (χ3n) is 3.59. The van der Waals surface area contributed by atoms with Gasteiger partial charge in [0, 0.05) is 24.6 Å². The van der Waals surface area contributed by atoms with Crippen LogP contribution in [0.25, 0.3) is 0 Å². The Morgan fingerprint density at radius 2 is 2.04 bits per heavy atom. The molecule has 9 heteroatoms. The fraction of sp³-hybridized carbons (Fsp3) is 0.333. The zero-order chi connectivity index (χ0) is 20.0. The van der Waals surface area contributed by atoms with Gasteiger partial charge in [0.15, 0.2) is 17.3 Å². The zero-order valence-electron chi connectivity index (χ0n) is 14.8.